The maximum Gasteiger partial charge on any atom is 0.0950 e. The Hall–Kier alpha value is -0.420. The molecule has 0 amide bonds. The van der Waals surface area contributed by atoms with Crippen LogP contribution in [-0.2, 0) is 9.47 Å². The average Bonchev–Trinajstić information content (AvgIpc) is 2.43. The van der Waals surface area contributed by atoms with Crippen LogP contribution in [0.2, 0.25) is 0 Å². The lowest BCUT2D eigenvalue weighted by Crippen LogP contribution is -2.29. The summed E-state index contributed by atoms with van der Waals surface area (Å²) >= 11 is 3.46. The Morgan fingerprint density at radius 1 is 1.10 bits per heavy atom. The molecule has 1 atom stereocenters. The minimum Gasteiger partial charge on any atom is -0.379 e. The van der Waals surface area contributed by atoms with Crippen LogP contribution in [0.25, 0.3) is 0 Å². The summed E-state index contributed by atoms with van der Waals surface area (Å²) in [6.45, 7) is 9.29. The average molecular weight is 344 g/mol. The molecule has 20 heavy (non-hydrogen) atoms. The SMILES string of the molecule is CCCOCCOC(CNC(C)C)c1ccc(Br)cc1. The van der Waals surface area contributed by atoms with Gasteiger partial charge in [0.05, 0.1) is 19.3 Å². The van der Waals surface area contributed by atoms with Gasteiger partial charge < -0.3 is 14.8 Å². The van der Waals surface area contributed by atoms with Crippen molar-refractivity contribution in [3.63, 3.8) is 0 Å². The highest BCUT2D eigenvalue weighted by Gasteiger charge is 2.12. The van der Waals surface area contributed by atoms with Crippen molar-refractivity contribution in [1.82, 2.24) is 5.32 Å². The number of rotatable bonds is 10. The number of hydrogen-bond acceptors (Lipinski definition) is 3. The Morgan fingerprint density at radius 3 is 2.40 bits per heavy atom. The van der Waals surface area contributed by atoms with Crippen LogP contribution in [0, 0.1) is 0 Å². The van der Waals surface area contributed by atoms with Crippen LogP contribution < -0.4 is 5.32 Å². The van der Waals surface area contributed by atoms with Gasteiger partial charge in [-0.1, -0.05) is 48.8 Å². The Kier molecular flexibility index (Phi) is 9.10. The Bertz CT molecular complexity index is 354. The zero-order valence-corrected chi connectivity index (χ0v) is 14.3. The molecule has 0 aliphatic rings. The van der Waals surface area contributed by atoms with Crippen molar-refractivity contribution in [2.45, 2.75) is 39.3 Å². The molecule has 0 bridgehead atoms. The van der Waals surface area contributed by atoms with Crippen molar-refractivity contribution < 1.29 is 9.47 Å². The third-order valence-corrected chi connectivity index (χ3v) is 3.38. The maximum atomic E-state index is 5.96. The first-order chi connectivity index (χ1) is 9.63. The van der Waals surface area contributed by atoms with E-state index in [0.717, 1.165) is 24.0 Å². The molecule has 0 saturated carbocycles. The summed E-state index contributed by atoms with van der Waals surface area (Å²) in [7, 11) is 0. The van der Waals surface area contributed by atoms with Crippen molar-refractivity contribution in [3.8, 4) is 0 Å². The van der Waals surface area contributed by atoms with E-state index in [2.05, 4.69) is 66.3 Å². The fourth-order valence-corrected chi connectivity index (χ4v) is 2.05. The molecular weight excluding hydrogens is 318 g/mol. The van der Waals surface area contributed by atoms with Crippen LogP contribution in [0.5, 0.6) is 0 Å². The topological polar surface area (TPSA) is 30.5 Å². The number of halogens is 1. The molecule has 1 N–H and O–H groups in total. The van der Waals surface area contributed by atoms with Crippen LogP contribution >= 0.6 is 15.9 Å². The largest absolute Gasteiger partial charge is 0.379 e. The summed E-state index contributed by atoms with van der Waals surface area (Å²) in [6.07, 6.45) is 1.11. The molecule has 1 aromatic carbocycles. The normalized spacial score (nSPS) is 12.8. The molecule has 0 aromatic heterocycles. The Balaban J connectivity index is 2.49. The van der Waals surface area contributed by atoms with E-state index in [1.54, 1.807) is 0 Å². The van der Waals surface area contributed by atoms with E-state index in [1.165, 1.54) is 5.56 Å². The quantitative estimate of drug-likeness (QED) is 0.653. The molecule has 1 unspecified atom stereocenters. The molecule has 114 valence electrons. The van der Waals surface area contributed by atoms with Crippen molar-refractivity contribution >= 4 is 15.9 Å². The van der Waals surface area contributed by atoms with E-state index < -0.39 is 0 Å². The van der Waals surface area contributed by atoms with Gasteiger partial charge in [0.15, 0.2) is 0 Å². The van der Waals surface area contributed by atoms with Crippen LogP contribution in [0.15, 0.2) is 28.7 Å². The van der Waals surface area contributed by atoms with Crippen LogP contribution in [-0.4, -0.2) is 32.4 Å². The second-order valence-electron chi connectivity index (χ2n) is 5.09. The van der Waals surface area contributed by atoms with Gasteiger partial charge in [-0.2, -0.15) is 0 Å². The third-order valence-electron chi connectivity index (χ3n) is 2.85. The summed E-state index contributed by atoms with van der Waals surface area (Å²) in [6, 6.07) is 8.75. The van der Waals surface area contributed by atoms with Gasteiger partial charge in [0.25, 0.3) is 0 Å². The lowest BCUT2D eigenvalue weighted by atomic mass is 10.1. The van der Waals surface area contributed by atoms with Gasteiger partial charge in [-0.3, -0.25) is 0 Å². The molecule has 4 heteroatoms. The molecule has 0 spiro atoms. The molecule has 0 heterocycles. The lowest BCUT2D eigenvalue weighted by molar-refractivity contribution is 0.00359. The second-order valence-corrected chi connectivity index (χ2v) is 6.00. The van der Waals surface area contributed by atoms with Gasteiger partial charge in [-0.05, 0) is 24.1 Å². The van der Waals surface area contributed by atoms with E-state index in [9.17, 15) is 0 Å². The Labute approximate surface area is 131 Å². The van der Waals surface area contributed by atoms with E-state index in [-0.39, 0.29) is 6.10 Å². The maximum absolute atomic E-state index is 5.96. The van der Waals surface area contributed by atoms with Gasteiger partial charge in [-0.15, -0.1) is 0 Å². The lowest BCUT2D eigenvalue weighted by Gasteiger charge is -2.20. The standard InChI is InChI=1S/C16H26BrNO2/c1-4-9-19-10-11-20-16(12-18-13(2)3)14-5-7-15(17)8-6-14/h5-8,13,16,18H,4,9-12H2,1-3H3. The highest BCUT2D eigenvalue weighted by Crippen LogP contribution is 2.19. The number of hydrogen-bond donors (Lipinski definition) is 1. The predicted octanol–water partition coefficient (Wildman–Crippen LogP) is 3.93. The zero-order valence-electron chi connectivity index (χ0n) is 12.7. The molecule has 1 aromatic rings. The van der Waals surface area contributed by atoms with Gasteiger partial charge in [-0.25, -0.2) is 0 Å². The predicted molar refractivity (Wildman–Crippen MR) is 87.1 cm³/mol. The number of nitrogens with one attached hydrogen (secondary N) is 1. The van der Waals surface area contributed by atoms with E-state index >= 15 is 0 Å². The smallest absolute Gasteiger partial charge is 0.0950 e. The van der Waals surface area contributed by atoms with Gasteiger partial charge in [0.2, 0.25) is 0 Å². The fourth-order valence-electron chi connectivity index (χ4n) is 1.79. The summed E-state index contributed by atoms with van der Waals surface area (Å²) in [5.41, 5.74) is 1.19. The summed E-state index contributed by atoms with van der Waals surface area (Å²) in [5.74, 6) is 0. The van der Waals surface area contributed by atoms with Crippen LogP contribution in [0.3, 0.4) is 0 Å². The summed E-state index contributed by atoms with van der Waals surface area (Å²) < 4.78 is 12.5. The molecule has 0 radical (unpaired) electrons. The molecule has 3 nitrogen and oxygen atoms in total. The van der Waals surface area contributed by atoms with Gasteiger partial charge >= 0.3 is 0 Å². The second kappa shape index (κ2) is 10.3. The number of ether oxygens (including phenoxy) is 2. The molecule has 0 aliphatic carbocycles. The molecular formula is C16H26BrNO2. The van der Waals surface area contributed by atoms with Crippen molar-refractivity contribution in [2.24, 2.45) is 0 Å². The van der Waals surface area contributed by atoms with Crippen LogP contribution in [0.4, 0.5) is 0 Å². The van der Waals surface area contributed by atoms with Gasteiger partial charge in [0, 0.05) is 23.7 Å². The Morgan fingerprint density at radius 2 is 1.80 bits per heavy atom. The first-order valence-corrected chi connectivity index (χ1v) is 8.11. The minimum atomic E-state index is 0.0655. The summed E-state index contributed by atoms with van der Waals surface area (Å²) in [5, 5.41) is 3.43. The highest BCUT2D eigenvalue weighted by atomic mass is 79.9. The van der Waals surface area contributed by atoms with Gasteiger partial charge in [0.1, 0.15) is 0 Å². The monoisotopic (exact) mass is 343 g/mol. The minimum absolute atomic E-state index is 0.0655. The molecule has 0 aliphatic heterocycles. The zero-order chi connectivity index (χ0) is 14.8. The van der Waals surface area contributed by atoms with Crippen LogP contribution in [0.1, 0.15) is 38.9 Å². The fraction of sp³-hybridized carbons (Fsp3) is 0.625. The molecule has 0 saturated heterocycles. The van der Waals surface area contributed by atoms with Crippen molar-refractivity contribution in [2.75, 3.05) is 26.4 Å². The van der Waals surface area contributed by atoms with Crippen molar-refractivity contribution in [1.29, 1.82) is 0 Å². The van der Waals surface area contributed by atoms with E-state index in [0.29, 0.717) is 19.3 Å². The number of benzene rings is 1. The van der Waals surface area contributed by atoms with E-state index in [4.69, 9.17) is 9.47 Å². The van der Waals surface area contributed by atoms with Crippen molar-refractivity contribution in [3.05, 3.63) is 34.3 Å². The third kappa shape index (κ3) is 7.39. The highest BCUT2D eigenvalue weighted by molar-refractivity contribution is 9.10. The first kappa shape index (κ1) is 17.6. The molecule has 1 rings (SSSR count). The molecule has 0 fully saturated rings. The summed E-state index contributed by atoms with van der Waals surface area (Å²) in [4.78, 5) is 0. The van der Waals surface area contributed by atoms with E-state index in [1.807, 2.05) is 0 Å². The first-order valence-electron chi connectivity index (χ1n) is 7.31.